The summed E-state index contributed by atoms with van der Waals surface area (Å²) in [5, 5.41) is 9.43. The average molecular weight is 314 g/mol. The maximum atomic E-state index is 9.43. The summed E-state index contributed by atoms with van der Waals surface area (Å²) in [6.45, 7) is 5.94. The van der Waals surface area contributed by atoms with Gasteiger partial charge in [0.05, 0.1) is 12.7 Å². The van der Waals surface area contributed by atoms with Gasteiger partial charge in [0.25, 0.3) is 0 Å². The molecule has 4 nitrogen and oxygen atoms in total. The summed E-state index contributed by atoms with van der Waals surface area (Å²) in [7, 11) is 3.35. The third-order valence-electron chi connectivity index (χ3n) is 4.70. The highest BCUT2D eigenvalue weighted by Crippen LogP contribution is 2.32. The first-order valence-electron chi connectivity index (χ1n) is 8.62. The van der Waals surface area contributed by atoms with Crippen LogP contribution in [-0.2, 0) is 14.2 Å². The van der Waals surface area contributed by atoms with Gasteiger partial charge in [0.1, 0.15) is 18.3 Å². The number of allylic oxidation sites excluding steroid dienone is 1. The normalized spacial score (nSPS) is 29.6. The minimum Gasteiger partial charge on any atom is -0.394 e. The van der Waals surface area contributed by atoms with Crippen molar-refractivity contribution >= 4 is 0 Å². The number of methoxy groups -OCH3 is 2. The smallest absolute Gasteiger partial charge is 0.114 e. The molecule has 1 N–H and O–H groups in total. The minimum absolute atomic E-state index is 0.00728. The zero-order chi connectivity index (χ0) is 16.4. The van der Waals surface area contributed by atoms with E-state index in [1.165, 1.54) is 32.1 Å². The van der Waals surface area contributed by atoms with Gasteiger partial charge in [0.15, 0.2) is 0 Å². The van der Waals surface area contributed by atoms with Gasteiger partial charge in [-0.3, -0.25) is 0 Å². The first-order chi connectivity index (χ1) is 10.7. The molecule has 5 atom stereocenters. The second kappa shape index (κ2) is 11.2. The van der Waals surface area contributed by atoms with Crippen molar-refractivity contribution in [2.45, 2.75) is 76.3 Å². The van der Waals surface area contributed by atoms with Crippen LogP contribution in [0.4, 0.5) is 0 Å². The molecule has 1 rings (SSSR count). The Kier molecular flexibility index (Phi) is 9.96. The number of aliphatic hydroxyl groups is 1. The number of ether oxygens (including phenoxy) is 3. The van der Waals surface area contributed by atoms with Gasteiger partial charge in [-0.05, 0) is 25.2 Å². The van der Waals surface area contributed by atoms with E-state index in [-0.39, 0.29) is 31.0 Å². The van der Waals surface area contributed by atoms with Crippen LogP contribution >= 0.6 is 0 Å². The first-order valence-corrected chi connectivity index (χ1v) is 8.62. The largest absolute Gasteiger partial charge is 0.394 e. The predicted molar refractivity (Wildman–Crippen MR) is 89.0 cm³/mol. The number of hydrogen-bond donors (Lipinski definition) is 1. The van der Waals surface area contributed by atoms with E-state index in [2.05, 4.69) is 13.5 Å². The van der Waals surface area contributed by atoms with E-state index in [0.717, 1.165) is 12.8 Å². The molecule has 0 radical (unpaired) electrons. The van der Waals surface area contributed by atoms with Crippen molar-refractivity contribution < 1.29 is 19.3 Å². The van der Waals surface area contributed by atoms with Gasteiger partial charge in [-0.15, -0.1) is 6.58 Å². The molecule has 0 bridgehead atoms. The first kappa shape index (κ1) is 19.6. The molecular formula is C18H34O4. The standard InChI is InChI=1S/C18H34O4/c1-5-6-7-8-9-10-11-12-14(2)16-18(21-4)17(20-3)15(13-19)22-16/h5,14-19H,1,6-13H2,2-4H3/t14?,15-,16-,17-,18-/m1/s1. The Hall–Kier alpha value is -0.420. The number of rotatable bonds is 12. The van der Waals surface area contributed by atoms with Crippen molar-refractivity contribution in [3.05, 3.63) is 12.7 Å². The van der Waals surface area contributed by atoms with Gasteiger partial charge >= 0.3 is 0 Å². The second-order valence-electron chi connectivity index (χ2n) is 6.33. The summed E-state index contributed by atoms with van der Waals surface area (Å²) in [4.78, 5) is 0. The Morgan fingerprint density at radius 3 is 2.32 bits per heavy atom. The van der Waals surface area contributed by atoms with E-state index in [0.29, 0.717) is 5.92 Å². The molecule has 1 unspecified atom stereocenters. The Morgan fingerprint density at radius 2 is 1.73 bits per heavy atom. The third kappa shape index (κ3) is 5.65. The average Bonchev–Trinajstić information content (AvgIpc) is 2.91. The highest BCUT2D eigenvalue weighted by atomic mass is 16.6. The molecule has 1 fully saturated rings. The lowest BCUT2D eigenvalue weighted by Crippen LogP contribution is -2.39. The molecule has 1 aliphatic heterocycles. The van der Waals surface area contributed by atoms with E-state index in [1.807, 2.05) is 6.08 Å². The predicted octanol–water partition coefficient (Wildman–Crippen LogP) is 3.33. The van der Waals surface area contributed by atoms with Crippen molar-refractivity contribution in [1.29, 1.82) is 0 Å². The van der Waals surface area contributed by atoms with Crippen LogP contribution in [-0.4, -0.2) is 50.3 Å². The van der Waals surface area contributed by atoms with E-state index in [4.69, 9.17) is 14.2 Å². The molecule has 0 aromatic carbocycles. The van der Waals surface area contributed by atoms with Gasteiger partial charge in [0, 0.05) is 14.2 Å². The molecule has 4 heteroatoms. The maximum Gasteiger partial charge on any atom is 0.114 e. The fourth-order valence-corrected chi connectivity index (χ4v) is 3.36. The molecule has 0 aromatic rings. The molecule has 22 heavy (non-hydrogen) atoms. The van der Waals surface area contributed by atoms with Crippen LogP contribution in [0.5, 0.6) is 0 Å². The molecule has 0 saturated carbocycles. The second-order valence-corrected chi connectivity index (χ2v) is 6.33. The Morgan fingerprint density at radius 1 is 1.09 bits per heavy atom. The SMILES string of the molecule is C=CCCCCCCCC(C)[C@H]1O[C@H](CO)[C@@H](OC)[C@@H]1OC. The lowest BCUT2D eigenvalue weighted by molar-refractivity contribution is -0.0477. The third-order valence-corrected chi connectivity index (χ3v) is 4.70. The zero-order valence-electron chi connectivity index (χ0n) is 14.5. The summed E-state index contributed by atoms with van der Waals surface area (Å²) in [5.41, 5.74) is 0. The highest BCUT2D eigenvalue weighted by molar-refractivity contribution is 4.94. The molecule has 1 saturated heterocycles. The Labute approximate surface area is 135 Å². The summed E-state index contributed by atoms with van der Waals surface area (Å²) < 4.78 is 17.0. The summed E-state index contributed by atoms with van der Waals surface area (Å²) in [6, 6.07) is 0. The quantitative estimate of drug-likeness (QED) is 0.443. The molecule has 1 aliphatic rings. The van der Waals surface area contributed by atoms with Crippen LogP contribution in [0.1, 0.15) is 51.9 Å². The van der Waals surface area contributed by atoms with Crippen LogP contribution in [0, 0.1) is 5.92 Å². The van der Waals surface area contributed by atoms with Crippen molar-refractivity contribution in [1.82, 2.24) is 0 Å². The van der Waals surface area contributed by atoms with E-state index in [1.54, 1.807) is 14.2 Å². The summed E-state index contributed by atoms with van der Waals surface area (Å²) >= 11 is 0. The number of hydrogen-bond acceptors (Lipinski definition) is 4. The Balaban J connectivity index is 2.31. The highest BCUT2D eigenvalue weighted by Gasteiger charge is 2.46. The van der Waals surface area contributed by atoms with Gasteiger partial charge in [-0.2, -0.15) is 0 Å². The Bertz CT molecular complexity index is 295. The van der Waals surface area contributed by atoms with Crippen LogP contribution in [0.2, 0.25) is 0 Å². The van der Waals surface area contributed by atoms with Gasteiger partial charge < -0.3 is 19.3 Å². The van der Waals surface area contributed by atoms with Crippen LogP contribution in [0.15, 0.2) is 12.7 Å². The van der Waals surface area contributed by atoms with Crippen LogP contribution in [0.25, 0.3) is 0 Å². The lowest BCUT2D eigenvalue weighted by Gasteiger charge is -2.25. The fraction of sp³-hybridized carbons (Fsp3) is 0.889. The topological polar surface area (TPSA) is 47.9 Å². The maximum absolute atomic E-state index is 9.43. The lowest BCUT2D eigenvalue weighted by atomic mass is 9.92. The molecule has 0 amide bonds. The summed E-state index contributed by atoms with van der Waals surface area (Å²) in [6.07, 6.45) is 10.0. The summed E-state index contributed by atoms with van der Waals surface area (Å²) in [5.74, 6) is 0.410. The monoisotopic (exact) mass is 314 g/mol. The number of aliphatic hydroxyl groups excluding tert-OH is 1. The van der Waals surface area contributed by atoms with E-state index < -0.39 is 0 Å². The van der Waals surface area contributed by atoms with Crippen LogP contribution in [0.3, 0.4) is 0 Å². The van der Waals surface area contributed by atoms with Crippen molar-refractivity contribution in [2.24, 2.45) is 5.92 Å². The van der Waals surface area contributed by atoms with Gasteiger partial charge in [-0.25, -0.2) is 0 Å². The van der Waals surface area contributed by atoms with Gasteiger partial charge in [0.2, 0.25) is 0 Å². The van der Waals surface area contributed by atoms with Crippen molar-refractivity contribution in [3.8, 4) is 0 Å². The van der Waals surface area contributed by atoms with E-state index >= 15 is 0 Å². The van der Waals surface area contributed by atoms with E-state index in [9.17, 15) is 5.11 Å². The van der Waals surface area contributed by atoms with Crippen molar-refractivity contribution in [3.63, 3.8) is 0 Å². The fourth-order valence-electron chi connectivity index (χ4n) is 3.36. The molecule has 130 valence electrons. The zero-order valence-corrected chi connectivity index (χ0v) is 14.5. The van der Waals surface area contributed by atoms with Gasteiger partial charge in [-0.1, -0.05) is 38.7 Å². The van der Waals surface area contributed by atoms with Crippen molar-refractivity contribution in [2.75, 3.05) is 20.8 Å². The molecular weight excluding hydrogens is 280 g/mol. The molecule has 0 aliphatic carbocycles. The minimum atomic E-state index is -0.277. The molecule has 0 aromatic heterocycles. The molecule has 1 heterocycles. The molecule has 0 spiro atoms. The number of unbranched alkanes of at least 4 members (excludes halogenated alkanes) is 5. The van der Waals surface area contributed by atoms with Crippen LogP contribution < -0.4 is 0 Å².